The van der Waals surface area contributed by atoms with Gasteiger partial charge >= 0.3 is 0 Å². The van der Waals surface area contributed by atoms with Crippen LogP contribution in [0.4, 0.5) is 5.82 Å². The fourth-order valence-electron chi connectivity index (χ4n) is 7.57. The predicted octanol–water partition coefficient (Wildman–Crippen LogP) is 10.4. The van der Waals surface area contributed by atoms with Gasteiger partial charge in [0.25, 0.3) is 0 Å². The average Bonchev–Trinajstić information content (AvgIpc) is 3.30. The molecule has 0 saturated heterocycles. The molecule has 3 heterocycles. The first-order valence-electron chi connectivity index (χ1n) is 15.1. The number of pyridine rings is 1. The molecule has 9 rings (SSSR count). The molecular formula is C41H30N2. The molecule has 6 aromatic rings. The minimum Gasteiger partial charge on any atom is -0.302 e. The van der Waals surface area contributed by atoms with Gasteiger partial charge in [-0.05, 0) is 80.2 Å². The third-order valence-electron chi connectivity index (χ3n) is 9.66. The Balaban J connectivity index is 1.27. The lowest BCUT2D eigenvalue weighted by molar-refractivity contribution is 0.661. The molecule has 3 aliphatic rings. The summed E-state index contributed by atoms with van der Waals surface area (Å²) in [6.07, 6.45) is 11.7. The summed E-state index contributed by atoms with van der Waals surface area (Å²) in [5.74, 6) is 1.03. The normalized spacial score (nSPS) is 15.7. The van der Waals surface area contributed by atoms with E-state index in [0.717, 1.165) is 23.5 Å². The highest BCUT2D eigenvalue weighted by Crippen LogP contribution is 2.53. The second-order valence-electron chi connectivity index (χ2n) is 12.4. The van der Waals surface area contributed by atoms with E-state index in [1.165, 1.54) is 66.2 Å². The van der Waals surface area contributed by atoms with E-state index in [-0.39, 0.29) is 5.41 Å². The van der Waals surface area contributed by atoms with Gasteiger partial charge in [-0.25, -0.2) is 4.98 Å². The highest BCUT2D eigenvalue weighted by Gasteiger charge is 2.37. The van der Waals surface area contributed by atoms with Crippen molar-refractivity contribution in [2.45, 2.75) is 25.7 Å². The largest absolute Gasteiger partial charge is 0.302 e. The molecule has 204 valence electrons. The van der Waals surface area contributed by atoms with Crippen molar-refractivity contribution >= 4 is 27.4 Å². The third-order valence-corrected chi connectivity index (χ3v) is 9.66. The lowest BCUT2D eigenvalue weighted by Crippen LogP contribution is -2.22. The van der Waals surface area contributed by atoms with Gasteiger partial charge in [-0.15, -0.1) is 0 Å². The lowest BCUT2D eigenvalue weighted by atomic mass is 9.80. The van der Waals surface area contributed by atoms with Crippen LogP contribution in [0.25, 0.3) is 55.1 Å². The number of nitrogens with zero attached hydrogens (tertiary/aromatic N) is 2. The molecule has 0 fully saturated rings. The summed E-state index contributed by atoms with van der Waals surface area (Å²) >= 11 is 0. The number of aromatic nitrogens is 1. The van der Waals surface area contributed by atoms with Crippen LogP contribution in [0, 0.1) is 0 Å². The molecule has 2 aliphatic heterocycles. The van der Waals surface area contributed by atoms with Gasteiger partial charge < -0.3 is 4.90 Å². The summed E-state index contributed by atoms with van der Waals surface area (Å²) in [6.45, 7) is 4.73. The lowest BCUT2D eigenvalue weighted by Gasteiger charge is -2.30. The fourth-order valence-corrected chi connectivity index (χ4v) is 7.57. The van der Waals surface area contributed by atoms with Crippen LogP contribution < -0.4 is 4.90 Å². The number of fused-ring (bicyclic) bond motifs is 10. The summed E-state index contributed by atoms with van der Waals surface area (Å²) in [5, 5.41) is 5.07. The number of benzene rings is 5. The van der Waals surface area contributed by atoms with Crippen molar-refractivity contribution in [2.24, 2.45) is 0 Å². The Labute approximate surface area is 252 Å². The molecule has 0 unspecified atom stereocenters. The Kier molecular flexibility index (Phi) is 5.05. The zero-order chi connectivity index (χ0) is 28.7. The first-order chi connectivity index (χ1) is 21.1. The Morgan fingerprint density at radius 2 is 1.40 bits per heavy atom. The molecule has 0 amide bonds. The van der Waals surface area contributed by atoms with Crippen molar-refractivity contribution in [3.63, 3.8) is 0 Å². The molecule has 0 saturated carbocycles. The molecule has 0 spiro atoms. The Morgan fingerprint density at radius 3 is 2.28 bits per heavy atom. The second kappa shape index (κ2) is 8.89. The van der Waals surface area contributed by atoms with E-state index >= 15 is 0 Å². The Bertz CT molecular complexity index is 2250. The van der Waals surface area contributed by atoms with Crippen LogP contribution in [-0.2, 0) is 11.8 Å². The van der Waals surface area contributed by atoms with Gasteiger partial charge in [0.15, 0.2) is 0 Å². The second-order valence-corrected chi connectivity index (χ2v) is 12.4. The summed E-state index contributed by atoms with van der Waals surface area (Å²) in [7, 11) is 0. The van der Waals surface area contributed by atoms with Gasteiger partial charge in [0.1, 0.15) is 5.82 Å². The standard InChI is InChI=1S/C41H30N2/c1-41(2)36-20-8-7-19-34(36)38-31-17-5-3-15-29(31)35(25-37(38)41)26-12-11-13-27(24-26)39-32-18-6-4-16-30(32)33-22-21-28-14-9-10-23-43(28)40(33)42-39/h3-21,23-25H,22H2,1-2H3. The first-order valence-corrected chi connectivity index (χ1v) is 15.1. The van der Waals surface area contributed by atoms with Crippen LogP contribution in [-0.4, -0.2) is 4.98 Å². The van der Waals surface area contributed by atoms with Crippen LogP contribution in [0.2, 0.25) is 0 Å². The maximum atomic E-state index is 5.40. The highest BCUT2D eigenvalue weighted by atomic mass is 15.2. The van der Waals surface area contributed by atoms with Crippen molar-refractivity contribution in [1.82, 2.24) is 4.98 Å². The number of rotatable bonds is 2. The number of hydrogen-bond acceptors (Lipinski definition) is 2. The molecule has 5 aromatic carbocycles. The van der Waals surface area contributed by atoms with Crippen molar-refractivity contribution in [1.29, 1.82) is 0 Å². The maximum absolute atomic E-state index is 5.40. The van der Waals surface area contributed by atoms with E-state index in [1.807, 2.05) is 0 Å². The van der Waals surface area contributed by atoms with E-state index in [2.05, 4.69) is 152 Å². The predicted molar refractivity (Wildman–Crippen MR) is 180 cm³/mol. The summed E-state index contributed by atoms with van der Waals surface area (Å²) in [4.78, 5) is 7.63. The molecular weight excluding hydrogens is 520 g/mol. The van der Waals surface area contributed by atoms with Crippen LogP contribution in [0.1, 0.15) is 30.5 Å². The van der Waals surface area contributed by atoms with E-state index in [0.29, 0.717) is 0 Å². The summed E-state index contributed by atoms with van der Waals surface area (Å²) < 4.78 is 0. The van der Waals surface area contributed by atoms with Crippen molar-refractivity contribution < 1.29 is 0 Å². The third kappa shape index (κ3) is 3.44. The molecule has 1 aromatic heterocycles. The van der Waals surface area contributed by atoms with Crippen LogP contribution >= 0.6 is 0 Å². The molecule has 2 nitrogen and oxygen atoms in total. The topological polar surface area (TPSA) is 16.1 Å². The molecule has 0 N–H and O–H groups in total. The van der Waals surface area contributed by atoms with Gasteiger partial charge in [0.05, 0.1) is 5.69 Å². The molecule has 0 bridgehead atoms. The number of allylic oxidation sites excluding steroid dienone is 4. The zero-order valence-electron chi connectivity index (χ0n) is 24.3. The van der Waals surface area contributed by atoms with Crippen molar-refractivity contribution in [2.75, 3.05) is 4.90 Å². The highest BCUT2D eigenvalue weighted by molar-refractivity contribution is 6.09. The number of hydrogen-bond donors (Lipinski definition) is 0. The molecule has 2 heteroatoms. The SMILES string of the molecule is CC1(C)c2ccccc2-c2c1cc(-c1cccc(-c3nc4c(c5ccccc35)CC=C3C=CC=CN34)c1)c1ccccc21. The summed E-state index contributed by atoms with van der Waals surface area (Å²) in [6, 6.07) is 38.0. The molecule has 43 heavy (non-hydrogen) atoms. The molecule has 0 atom stereocenters. The zero-order valence-corrected chi connectivity index (χ0v) is 24.3. The van der Waals surface area contributed by atoms with E-state index < -0.39 is 0 Å². The van der Waals surface area contributed by atoms with Gasteiger partial charge in [-0.3, -0.25) is 0 Å². The molecule has 0 radical (unpaired) electrons. The Hall–Kier alpha value is -5.21. The van der Waals surface area contributed by atoms with E-state index in [1.54, 1.807) is 0 Å². The minimum atomic E-state index is -0.0692. The smallest absolute Gasteiger partial charge is 0.141 e. The summed E-state index contributed by atoms with van der Waals surface area (Å²) in [5.41, 5.74) is 12.6. The van der Waals surface area contributed by atoms with Gasteiger partial charge in [0, 0.05) is 33.8 Å². The van der Waals surface area contributed by atoms with Gasteiger partial charge in [0.2, 0.25) is 0 Å². The quantitative estimate of drug-likeness (QED) is 0.213. The molecule has 1 aliphatic carbocycles. The monoisotopic (exact) mass is 550 g/mol. The van der Waals surface area contributed by atoms with Crippen LogP contribution in [0.3, 0.4) is 0 Å². The average molecular weight is 551 g/mol. The van der Waals surface area contributed by atoms with Crippen LogP contribution in [0.5, 0.6) is 0 Å². The van der Waals surface area contributed by atoms with E-state index in [4.69, 9.17) is 4.98 Å². The van der Waals surface area contributed by atoms with Crippen LogP contribution in [0.15, 0.2) is 139 Å². The first kappa shape index (κ1) is 24.4. The van der Waals surface area contributed by atoms with Gasteiger partial charge in [-0.1, -0.05) is 117 Å². The van der Waals surface area contributed by atoms with E-state index in [9.17, 15) is 0 Å². The maximum Gasteiger partial charge on any atom is 0.141 e. The van der Waals surface area contributed by atoms with Crippen molar-refractivity contribution in [3.8, 4) is 33.5 Å². The van der Waals surface area contributed by atoms with Gasteiger partial charge in [-0.2, -0.15) is 0 Å². The fraction of sp³-hybridized carbons (Fsp3) is 0.0976. The van der Waals surface area contributed by atoms with Crippen molar-refractivity contribution in [3.05, 3.63) is 156 Å². The number of anilines is 1. The minimum absolute atomic E-state index is 0.0692. The Morgan fingerprint density at radius 1 is 0.651 bits per heavy atom.